The molecule has 19 heavy (non-hydrogen) atoms. The molecule has 0 aliphatic rings. The van der Waals surface area contributed by atoms with Crippen LogP contribution >= 0.6 is 0 Å². The van der Waals surface area contributed by atoms with Crippen LogP contribution in [0.3, 0.4) is 0 Å². The zero-order valence-corrected chi connectivity index (χ0v) is 10.3. The second kappa shape index (κ2) is 6.17. The highest BCUT2D eigenvalue weighted by molar-refractivity contribution is 6.19. The molecule has 0 unspecified atom stereocenters. The summed E-state index contributed by atoms with van der Waals surface area (Å²) in [7, 11) is 0. The molecule has 0 aliphatic carbocycles. The van der Waals surface area contributed by atoms with E-state index in [9.17, 15) is 22.8 Å². The van der Waals surface area contributed by atoms with E-state index in [1.165, 1.54) is 6.92 Å². The minimum Gasteiger partial charge on any atom is -0.462 e. The minimum absolute atomic E-state index is 0.0315. The first kappa shape index (κ1) is 14.9. The fourth-order valence-corrected chi connectivity index (χ4v) is 1.32. The van der Waals surface area contributed by atoms with Gasteiger partial charge in [-0.15, -0.1) is 0 Å². The number of hydrogen-bond acceptors (Lipinski definition) is 3. The quantitative estimate of drug-likeness (QED) is 0.278. The normalized spacial score (nSPS) is 11.3. The first-order chi connectivity index (χ1) is 8.88. The van der Waals surface area contributed by atoms with Crippen molar-refractivity contribution in [3.63, 3.8) is 0 Å². The Balaban J connectivity index is 3.27. The second-order valence-electron chi connectivity index (χ2n) is 3.60. The molecule has 0 amide bonds. The standard InChI is InChI=1S/C13H11F3O3/c1-3-19-13(18)9(7(2)17)6-8-4-5-10(14)12(16)11(8)15/h4-6H,3H2,1-2H3. The summed E-state index contributed by atoms with van der Waals surface area (Å²) in [6.45, 7) is 2.65. The van der Waals surface area contributed by atoms with E-state index >= 15 is 0 Å². The van der Waals surface area contributed by atoms with Crippen LogP contribution in [0.1, 0.15) is 19.4 Å². The molecule has 0 saturated heterocycles. The molecule has 0 N–H and O–H groups in total. The molecule has 6 heteroatoms. The summed E-state index contributed by atoms with van der Waals surface area (Å²) in [4.78, 5) is 22.7. The van der Waals surface area contributed by atoms with Crippen molar-refractivity contribution in [2.45, 2.75) is 13.8 Å². The molecule has 0 radical (unpaired) electrons. The van der Waals surface area contributed by atoms with E-state index in [2.05, 4.69) is 4.74 Å². The lowest BCUT2D eigenvalue weighted by molar-refractivity contribution is -0.139. The van der Waals surface area contributed by atoms with Crippen molar-refractivity contribution in [2.75, 3.05) is 6.61 Å². The predicted octanol–water partition coefficient (Wildman–Crippen LogP) is 2.64. The third-order valence-corrected chi connectivity index (χ3v) is 2.24. The molecule has 0 aliphatic heterocycles. The summed E-state index contributed by atoms with van der Waals surface area (Å²) in [5.74, 6) is -6.10. The maximum atomic E-state index is 13.4. The Labute approximate surface area is 107 Å². The van der Waals surface area contributed by atoms with Crippen molar-refractivity contribution in [3.05, 3.63) is 40.7 Å². The van der Waals surface area contributed by atoms with Gasteiger partial charge in [-0.2, -0.15) is 0 Å². The Hall–Kier alpha value is -2.11. The number of carbonyl (C=O) groups excluding carboxylic acids is 2. The number of Topliss-reactive ketones (excluding diaryl/α,β-unsaturated/α-hetero) is 1. The van der Waals surface area contributed by atoms with Crippen molar-refractivity contribution in [1.82, 2.24) is 0 Å². The molecule has 0 heterocycles. The smallest absolute Gasteiger partial charge is 0.341 e. The fourth-order valence-electron chi connectivity index (χ4n) is 1.32. The number of ether oxygens (including phenoxy) is 1. The fraction of sp³-hybridized carbons (Fsp3) is 0.231. The lowest BCUT2D eigenvalue weighted by atomic mass is 10.1. The summed E-state index contributed by atoms with van der Waals surface area (Å²) in [5.41, 5.74) is -0.844. The Kier molecular flexibility index (Phi) is 4.86. The molecule has 0 fully saturated rings. The molecule has 0 bridgehead atoms. The maximum absolute atomic E-state index is 13.4. The van der Waals surface area contributed by atoms with Crippen molar-refractivity contribution in [3.8, 4) is 0 Å². The summed E-state index contributed by atoms with van der Waals surface area (Å²) in [6, 6.07) is 1.63. The molecule has 0 saturated carbocycles. The van der Waals surface area contributed by atoms with Crippen LogP contribution in [-0.4, -0.2) is 18.4 Å². The Morgan fingerprint density at radius 1 is 1.21 bits per heavy atom. The molecule has 1 aromatic rings. The van der Waals surface area contributed by atoms with Gasteiger partial charge in [0.2, 0.25) is 0 Å². The summed E-state index contributed by atoms with van der Waals surface area (Å²) in [6.07, 6.45) is 0.832. The van der Waals surface area contributed by atoms with Gasteiger partial charge in [0, 0.05) is 5.56 Å². The number of rotatable bonds is 4. The van der Waals surface area contributed by atoms with Crippen LogP contribution in [0.2, 0.25) is 0 Å². The number of esters is 1. The number of hydrogen-bond donors (Lipinski definition) is 0. The highest BCUT2D eigenvalue weighted by Gasteiger charge is 2.18. The Bertz CT molecular complexity index is 550. The van der Waals surface area contributed by atoms with E-state index in [1.54, 1.807) is 0 Å². The van der Waals surface area contributed by atoms with Gasteiger partial charge < -0.3 is 4.74 Å². The highest BCUT2D eigenvalue weighted by Crippen LogP contribution is 2.18. The van der Waals surface area contributed by atoms with E-state index in [-0.39, 0.29) is 6.61 Å². The molecule has 102 valence electrons. The van der Waals surface area contributed by atoms with Crippen molar-refractivity contribution in [1.29, 1.82) is 0 Å². The van der Waals surface area contributed by atoms with E-state index in [1.807, 2.05) is 0 Å². The number of ketones is 1. The molecule has 1 aromatic carbocycles. The summed E-state index contributed by atoms with van der Waals surface area (Å²) < 4.78 is 43.8. The van der Waals surface area contributed by atoms with Gasteiger partial charge in [0.05, 0.1) is 6.61 Å². The van der Waals surface area contributed by atoms with Crippen LogP contribution in [-0.2, 0) is 14.3 Å². The van der Waals surface area contributed by atoms with Gasteiger partial charge in [-0.3, -0.25) is 4.79 Å². The van der Waals surface area contributed by atoms with Gasteiger partial charge in [0.25, 0.3) is 0 Å². The number of benzene rings is 1. The van der Waals surface area contributed by atoms with Gasteiger partial charge in [0.15, 0.2) is 23.2 Å². The maximum Gasteiger partial charge on any atom is 0.341 e. The van der Waals surface area contributed by atoms with Gasteiger partial charge in [-0.05, 0) is 32.1 Å². The molecular formula is C13H11F3O3. The number of carbonyl (C=O) groups is 2. The minimum atomic E-state index is -1.67. The Morgan fingerprint density at radius 3 is 2.37 bits per heavy atom. The van der Waals surface area contributed by atoms with Gasteiger partial charge >= 0.3 is 5.97 Å². The lowest BCUT2D eigenvalue weighted by Gasteiger charge is -2.05. The van der Waals surface area contributed by atoms with Crippen LogP contribution in [0, 0.1) is 17.5 Å². The predicted molar refractivity (Wildman–Crippen MR) is 61.6 cm³/mol. The Morgan fingerprint density at radius 2 is 1.84 bits per heavy atom. The van der Waals surface area contributed by atoms with Gasteiger partial charge in [-0.1, -0.05) is 0 Å². The summed E-state index contributed by atoms with van der Waals surface area (Å²) in [5, 5.41) is 0. The average Bonchev–Trinajstić information content (AvgIpc) is 2.35. The van der Waals surface area contributed by atoms with Gasteiger partial charge in [-0.25, -0.2) is 18.0 Å². The third-order valence-electron chi connectivity index (χ3n) is 2.24. The molecule has 0 aromatic heterocycles. The molecule has 3 nitrogen and oxygen atoms in total. The van der Waals surface area contributed by atoms with Gasteiger partial charge in [0.1, 0.15) is 5.57 Å². The van der Waals surface area contributed by atoms with E-state index < -0.39 is 40.3 Å². The average molecular weight is 272 g/mol. The monoisotopic (exact) mass is 272 g/mol. The molecule has 1 rings (SSSR count). The van der Waals surface area contributed by atoms with Crippen LogP contribution in [0.5, 0.6) is 0 Å². The van der Waals surface area contributed by atoms with Crippen LogP contribution < -0.4 is 0 Å². The number of halogens is 3. The van der Waals surface area contributed by atoms with Crippen molar-refractivity contribution >= 4 is 17.8 Å². The van der Waals surface area contributed by atoms with E-state index in [0.29, 0.717) is 6.07 Å². The zero-order chi connectivity index (χ0) is 14.6. The second-order valence-corrected chi connectivity index (χ2v) is 3.60. The van der Waals surface area contributed by atoms with E-state index in [0.717, 1.165) is 19.1 Å². The van der Waals surface area contributed by atoms with Crippen molar-refractivity contribution < 1.29 is 27.5 Å². The van der Waals surface area contributed by atoms with Crippen molar-refractivity contribution in [2.24, 2.45) is 0 Å². The van der Waals surface area contributed by atoms with E-state index in [4.69, 9.17) is 0 Å². The summed E-state index contributed by atoms with van der Waals surface area (Å²) >= 11 is 0. The topological polar surface area (TPSA) is 43.4 Å². The third kappa shape index (κ3) is 3.43. The zero-order valence-electron chi connectivity index (χ0n) is 10.3. The molecule has 0 atom stereocenters. The largest absolute Gasteiger partial charge is 0.462 e. The van der Waals surface area contributed by atoms with Crippen LogP contribution in [0.4, 0.5) is 13.2 Å². The highest BCUT2D eigenvalue weighted by atomic mass is 19.2. The first-order valence-corrected chi connectivity index (χ1v) is 5.41. The SMILES string of the molecule is CCOC(=O)C(=Cc1ccc(F)c(F)c1F)C(C)=O. The lowest BCUT2D eigenvalue weighted by Crippen LogP contribution is -2.13. The molecular weight excluding hydrogens is 261 g/mol. The van der Waals surface area contributed by atoms with Crippen LogP contribution in [0.25, 0.3) is 6.08 Å². The van der Waals surface area contributed by atoms with Crippen LogP contribution in [0.15, 0.2) is 17.7 Å². The first-order valence-electron chi connectivity index (χ1n) is 5.41. The molecule has 0 spiro atoms.